The van der Waals surface area contributed by atoms with Crippen molar-refractivity contribution >= 4 is 0 Å². The molecule has 0 aliphatic heterocycles. The van der Waals surface area contributed by atoms with Gasteiger partial charge in [0.2, 0.25) is 0 Å². The first-order chi connectivity index (χ1) is 12.9. The van der Waals surface area contributed by atoms with Crippen molar-refractivity contribution in [3.63, 3.8) is 0 Å². The van der Waals surface area contributed by atoms with Gasteiger partial charge in [-0.3, -0.25) is 0 Å². The van der Waals surface area contributed by atoms with Crippen molar-refractivity contribution in [3.05, 3.63) is 26.0 Å². The van der Waals surface area contributed by atoms with Crippen LogP contribution in [0.1, 0.15) is 141 Å². The van der Waals surface area contributed by atoms with Gasteiger partial charge in [-0.1, -0.05) is 142 Å². The van der Waals surface area contributed by atoms with Crippen molar-refractivity contribution in [2.75, 3.05) is 0 Å². The predicted octanol–water partition coefficient (Wildman–Crippen LogP) is 9.79. The largest absolute Gasteiger partial charge is 0.0885 e. The Bertz CT molecular complexity index is 253. The lowest BCUT2D eigenvalue weighted by atomic mass is 10.0. The van der Waals surface area contributed by atoms with E-state index in [4.69, 9.17) is 0 Å². The van der Waals surface area contributed by atoms with Gasteiger partial charge in [-0.2, -0.15) is 0 Å². The third-order valence-corrected chi connectivity index (χ3v) is 5.41. The molecule has 0 amide bonds. The molecule has 0 unspecified atom stereocenters. The summed E-state index contributed by atoms with van der Waals surface area (Å²) in [5, 5.41) is 0. The highest BCUT2D eigenvalue weighted by atomic mass is 14.0. The van der Waals surface area contributed by atoms with Crippen molar-refractivity contribution in [3.8, 4) is 0 Å². The van der Waals surface area contributed by atoms with Crippen LogP contribution < -0.4 is 0 Å². The van der Waals surface area contributed by atoms with Crippen LogP contribution in [0.5, 0.6) is 0 Å². The number of hydrogen-bond donors (Lipinski definition) is 0. The molecule has 0 rings (SSSR count). The van der Waals surface area contributed by atoms with Crippen molar-refractivity contribution in [2.45, 2.75) is 141 Å². The predicted molar refractivity (Wildman–Crippen MR) is 121 cm³/mol. The molecule has 0 fully saturated rings. The average molecular weight is 363 g/mol. The van der Waals surface area contributed by atoms with Gasteiger partial charge < -0.3 is 0 Å². The standard InChI is InChI=1S/C26H50/c1-3-5-7-9-11-13-15-17-19-21-23-25-26-24-22-20-18-16-14-12-10-8-6-4-2/h17,19H,1-16,18,20-26H2. The smallest absolute Gasteiger partial charge is 0.0351 e. The number of rotatable bonds is 22. The molecule has 0 saturated carbocycles. The summed E-state index contributed by atoms with van der Waals surface area (Å²) in [4.78, 5) is 0. The topological polar surface area (TPSA) is 0 Å². The first-order valence-electron chi connectivity index (χ1n) is 12.1. The lowest BCUT2D eigenvalue weighted by Crippen LogP contribution is -1.83. The number of allylic oxidation sites excluding steroid dienone is 2. The summed E-state index contributed by atoms with van der Waals surface area (Å²) in [6.07, 6.45) is 35.2. The zero-order valence-electron chi connectivity index (χ0n) is 18.1. The maximum atomic E-state index is 3.91. The van der Waals surface area contributed by atoms with Crippen molar-refractivity contribution < 1.29 is 0 Å². The fourth-order valence-electron chi connectivity index (χ4n) is 3.59. The van der Waals surface area contributed by atoms with E-state index < -0.39 is 0 Å². The molecule has 0 spiro atoms. The summed E-state index contributed by atoms with van der Waals surface area (Å²) in [6, 6.07) is 0. The minimum atomic E-state index is 1.11. The molecule has 0 aromatic heterocycles. The van der Waals surface area contributed by atoms with E-state index in [1.54, 1.807) is 0 Å². The second-order valence-corrected chi connectivity index (χ2v) is 8.12. The van der Waals surface area contributed by atoms with Crippen molar-refractivity contribution in [1.29, 1.82) is 0 Å². The summed E-state index contributed by atoms with van der Waals surface area (Å²) >= 11 is 0. The molecule has 0 atom stereocenters. The summed E-state index contributed by atoms with van der Waals surface area (Å²) in [5.74, 6) is 0. The summed E-state index contributed by atoms with van der Waals surface area (Å²) in [7, 11) is 0. The number of unbranched alkanes of at least 4 members (excludes halogenated alkanes) is 20. The summed E-state index contributed by atoms with van der Waals surface area (Å²) in [6.45, 7) is 7.80. The van der Waals surface area contributed by atoms with E-state index in [0.29, 0.717) is 0 Å². The molecule has 0 aromatic carbocycles. The molecule has 0 aliphatic carbocycles. The lowest BCUT2D eigenvalue weighted by molar-refractivity contribution is 0.537. The Morgan fingerprint density at radius 1 is 0.308 bits per heavy atom. The third kappa shape index (κ3) is 23.7. The molecule has 0 N–H and O–H groups in total. The zero-order valence-corrected chi connectivity index (χ0v) is 18.1. The Hall–Kier alpha value is -0.260. The highest BCUT2D eigenvalue weighted by Crippen LogP contribution is 2.13. The van der Waals surface area contributed by atoms with Crippen LogP contribution in [0.2, 0.25) is 0 Å². The van der Waals surface area contributed by atoms with E-state index in [9.17, 15) is 0 Å². The molecule has 0 saturated heterocycles. The highest BCUT2D eigenvalue weighted by Gasteiger charge is 1.94. The highest BCUT2D eigenvalue weighted by molar-refractivity contribution is 4.81. The molecular weight excluding hydrogens is 312 g/mol. The average Bonchev–Trinajstić information content (AvgIpc) is 2.66. The maximum Gasteiger partial charge on any atom is -0.0351 e. The van der Waals surface area contributed by atoms with Gasteiger partial charge in [0.05, 0.1) is 0 Å². The van der Waals surface area contributed by atoms with Gasteiger partial charge in [0.15, 0.2) is 0 Å². The van der Waals surface area contributed by atoms with Crippen LogP contribution in [0.25, 0.3) is 0 Å². The Morgan fingerprint density at radius 3 is 0.808 bits per heavy atom. The quantitative estimate of drug-likeness (QED) is 0.133. The van der Waals surface area contributed by atoms with Crippen LogP contribution >= 0.6 is 0 Å². The molecule has 154 valence electrons. The minimum Gasteiger partial charge on any atom is -0.0885 e. The van der Waals surface area contributed by atoms with Crippen LogP contribution in [0.15, 0.2) is 12.2 Å². The van der Waals surface area contributed by atoms with E-state index in [0.717, 1.165) is 12.8 Å². The SMILES string of the molecule is [CH2]CCCCCCCC=CCCCCCCCCCCCCCCC[CH2]. The normalized spacial score (nSPS) is 11.6. The van der Waals surface area contributed by atoms with Crippen LogP contribution in [0, 0.1) is 13.8 Å². The Morgan fingerprint density at radius 2 is 0.538 bits per heavy atom. The first-order valence-corrected chi connectivity index (χ1v) is 12.1. The van der Waals surface area contributed by atoms with Gasteiger partial charge in [0.1, 0.15) is 0 Å². The van der Waals surface area contributed by atoms with Crippen molar-refractivity contribution in [1.82, 2.24) is 0 Å². The molecule has 0 aliphatic rings. The molecule has 2 radical (unpaired) electrons. The van der Waals surface area contributed by atoms with Gasteiger partial charge in [0.25, 0.3) is 0 Å². The molecule has 0 bridgehead atoms. The molecular formula is C26H50. The number of hydrogen-bond acceptors (Lipinski definition) is 0. The summed E-state index contributed by atoms with van der Waals surface area (Å²) in [5.41, 5.74) is 0. The molecule has 0 nitrogen and oxygen atoms in total. The van der Waals surface area contributed by atoms with Gasteiger partial charge >= 0.3 is 0 Å². The van der Waals surface area contributed by atoms with E-state index in [2.05, 4.69) is 26.0 Å². The van der Waals surface area contributed by atoms with Crippen LogP contribution in [-0.2, 0) is 0 Å². The van der Waals surface area contributed by atoms with Gasteiger partial charge in [0, 0.05) is 0 Å². The molecule has 0 heterocycles. The zero-order chi connectivity index (χ0) is 19.0. The fourth-order valence-corrected chi connectivity index (χ4v) is 3.59. The first kappa shape index (κ1) is 25.7. The minimum absolute atomic E-state index is 1.11. The van der Waals surface area contributed by atoms with Gasteiger partial charge in [-0.25, -0.2) is 0 Å². The van der Waals surface area contributed by atoms with Gasteiger partial charge in [-0.05, 0) is 25.7 Å². The van der Waals surface area contributed by atoms with E-state index in [-0.39, 0.29) is 0 Å². The maximum absolute atomic E-state index is 3.91. The lowest BCUT2D eigenvalue weighted by Gasteiger charge is -2.02. The summed E-state index contributed by atoms with van der Waals surface area (Å²) < 4.78 is 0. The molecule has 26 heavy (non-hydrogen) atoms. The monoisotopic (exact) mass is 362 g/mol. The second-order valence-electron chi connectivity index (χ2n) is 8.12. The molecule has 0 aromatic rings. The fraction of sp³-hybridized carbons (Fsp3) is 0.846. The van der Waals surface area contributed by atoms with Crippen LogP contribution in [0.3, 0.4) is 0 Å². The van der Waals surface area contributed by atoms with Crippen LogP contribution in [0.4, 0.5) is 0 Å². The van der Waals surface area contributed by atoms with Gasteiger partial charge in [-0.15, -0.1) is 0 Å². The third-order valence-electron chi connectivity index (χ3n) is 5.41. The van der Waals surface area contributed by atoms with E-state index in [1.165, 1.54) is 128 Å². The van der Waals surface area contributed by atoms with E-state index in [1.807, 2.05) is 0 Å². The van der Waals surface area contributed by atoms with E-state index >= 15 is 0 Å². The second kappa shape index (κ2) is 24.7. The Labute approximate surface area is 167 Å². The van der Waals surface area contributed by atoms with Crippen LogP contribution in [-0.4, -0.2) is 0 Å². The molecule has 0 heteroatoms. The Balaban J connectivity index is 3.03. The Kier molecular flexibility index (Phi) is 24.5. The van der Waals surface area contributed by atoms with Crippen molar-refractivity contribution in [2.24, 2.45) is 0 Å².